The SMILES string of the molecule is CCN(c1cc(-c2cccc([C@@H]3C[C@H]3N)c2)cc(C(=O)NCc2c(C)cc(C)[nH]c2=O)c1C)C1CCOCC1. The highest BCUT2D eigenvalue weighted by molar-refractivity contribution is 5.99. The van der Waals surface area contributed by atoms with Gasteiger partial charge in [-0.15, -0.1) is 0 Å². The van der Waals surface area contributed by atoms with Gasteiger partial charge >= 0.3 is 0 Å². The van der Waals surface area contributed by atoms with E-state index in [0.29, 0.717) is 23.1 Å². The Morgan fingerprint density at radius 1 is 1.10 bits per heavy atom. The summed E-state index contributed by atoms with van der Waals surface area (Å²) in [4.78, 5) is 31.5. The summed E-state index contributed by atoms with van der Waals surface area (Å²) in [5, 5.41) is 3.03. The average molecular weight is 529 g/mol. The standard InChI is InChI=1S/C32H40N4O3/c1-5-36(25-9-11-39-12-10-25)30-16-24(22-7-6-8-23(14-22)27-17-29(27)33)15-26(21(30)4)31(37)34-18-28-19(2)13-20(3)35-32(28)38/h6-8,13-16,25,27,29H,5,9-12,17-18,33H2,1-4H3,(H,34,37)(H,35,38)/t27-,29+/m0/s1. The third-order valence-corrected chi connectivity index (χ3v) is 8.31. The number of aromatic amines is 1. The van der Waals surface area contributed by atoms with Crippen molar-refractivity contribution in [2.24, 2.45) is 5.73 Å². The van der Waals surface area contributed by atoms with E-state index in [1.807, 2.05) is 32.9 Å². The van der Waals surface area contributed by atoms with Gasteiger partial charge in [0.25, 0.3) is 11.5 Å². The van der Waals surface area contributed by atoms with Crippen LogP contribution in [0.25, 0.3) is 11.1 Å². The lowest BCUT2D eigenvalue weighted by Crippen LogP contribution is -2.40. The first-order chi connectivity index (χ1) is 18.8. The number of nitrogens with one attached hydrogen (secondary N) is 2. The number of carbonyl (C=O) groups excluding carboxylic acids is 1. The molecule has 0 bridgehead atoms. The van der Waals surface area contributed by atoms with Crippen molar-refractivity contribution in [1.29, 1.82) is 0 Å². The summed E-state index contributed by atoms with van der Waals surface area (Å²) in [5.74, 6) is 0.223. The summed E-state index contributed by atoms with van der Waals surface area (Å²) in [6.45, 7) is 10.5. The Balaban J connectivity index is 1.53. The van der Waals surface area contributed by atoms with Gasteiger partial charge in [0.1, 0.15) is 0 Å². The van der Waals surface area contributed by atoms with Crippen LogP contribution in [0.2, 0.25) is 0 Å². The molecule has 7 nitrogen and oxygen atoms in total. The largest absolute Gasteiger partial charge is 0.381 e. The zero-order valence-corrected chi connectivity index (χ0v) is 23.5. The third kappa shape index (κ3) is 5.80. The quantitative estimate of drug-likeness (QED) is 0.393. The van der Waals surface area contributed by atoms with Crippen molar-refractivity contribution < 1.29 is 9.53 Å². The number of benzene rings is 2. The highest BCUT2D eigenvalue weighted by Crippen LogP contribution is 2.41. The third-order valence-electron chi connectivity index (χ3n) is 8.31. The van der Waals surface area contributed by atoms with Crippen LogP contribution in [0.15, 0.2) is 47.3 Å². The predicted octanol–water partition coefficient (Wildman–Crippen LogP) is 4.72. The van der Waals surface area contributed by atoms with E-state index in [1.54, 1.807) is 0 Å². The molecule has 2 aromatic carbocycles. The van der Waals surface area contributed by atoms with E-state index < -0.39 is 0 Å². The average Bonchev–Trinajstić information content (AvgIpc) is 3.66. The van der Waals surface area contributed by atoms with Crippen molar-refractivity contribution in [2.75, 3.05) is 24.7 Å². The van der Waals surface area contributed by atoms with Gasteiger partial charge in [-0.3, -0.25) is 9.59 Å². The number of anilines is 1. The molecule has 4 N–H and O–H groups in total. The van der Waals surface area contributed by atoms with E-state index in [-0.39, 0.29) is 24.1 Å². The number of carbonyl (C=O) groups is 1. The molecular weight excluding hydrogens is 488 g/mol. The van der Waals surface area contributed by atoms with Gasteiger partial charge in [0, 0.05) is 66.8 Å². The van der Waals surface area contributed by atoms with E-state index in [0.717, 1.165) is 72.7 Å². The van der Waals surface area contributed by atoms with Crippen molar-refractivity contribution >= 4 is 11.6 Å². The second kappa shape index (κ2) is 11.4. The van der Waals surface area contributed by atoms with Gasteiger partial charge in [-0.25, -0.2) is 0 Å². The van der Waals surface area contributed by atoms with Crippen LogP contribution in [-0.4, -0.2) is 42.7 Å². The molecule has 39 heavy (non-hydrogen) atoms. The minimum atomic E-state index is -0.182. The summed E-state index contributed by atoms with van der Waals surface area (Å²) < 4.78 is 5.64. The van der Waals surface area contributed by atoms with Gasteiger partial charge in [-0.1, -0.05) is 24.3 Å². The first-order valence-electron chi connectivity index (χ1n) is 14.1. The van der Waals surface area contributed by atoms with E-state index in [2.05, 4.69) is 52.5 Å². The number of rotatable bonds is 8. The second-order valence-corrected chi connectivity index (χ2v) is 11.1. The van der Waals surface area contributed by atoms with Crippen molar-refractivity contribution in [3.8, 4) is 11.1 Å². The fraction of sp³-hybridized carbons (Fsp3) is 0.438. The second-order valence-electron chi connectivity index (χ2n) is 11.1. The molecule has 1 aliphatic heterocycles. The molecule has 0 unspecified atom stereocenters. The Morgan fingerprint density at radius 2 is 1.85 bits per heavy atom. The molecule has 3 aromatic rings. The van der Waals surface area contributed by atoms with E-state index in [9.17, 15) is 9.59 Å². The lowest BCUT2D eigenvalue weighted by molar-refractivity contribution is 0.0846. The highest BCUT2D eigenvalue weighted by atomic mass is 16.5. The Morgan fingerprint density at radius 3 is 2.51 bits per heavy atom. The first kappa shape index (κ1) is 27.2. The van der Waals surface area contributed by atoms with Crippen LogP contribution < -0.4 is 21.5 Å². The summed E-state index contributed by atoms with van der Waals surface area (Å²) in [7, 11) is 0. The molecule has 0 spiro atoms. The molecule has 1 saturated heterocycles. The van der Waals surface area contributed by atoms with Gasteiger partial charge in [0.2, 0.25) is 0 Å². The van der Waals surface area contributed by atoms with Crippen molar-refractivity contribution in [3.05, 3.63) is 86.3 Å². The van der Waals surface area contributed by atoms with Crippen molar-refractivity contribution in [1.82, 2.24) is 10.3 Å². The number of pyridine rings is 1. The summed E-state index contributed by atoms with van der Waals surface area (Å²) >= 11 is 0. The Labute approximate surface area is 230 Å². The maximum Gasteiger partial charge on any atom is 0.253 e. The van der Waals surface area contributed by atoms with Gasteiger partial charge in [0.15, 0.2) is 0 Å². The van der Waals surface area contributed by atoms with Crippen molar-refractivity contribution in [3.63, 3.8) is 0 Å². The minimum Gasteiger partial charge on any atom is -0.381 e. The minimum absolute atomic E-state index is 0.161. The molecule has 206 valence electrons. The number of aryl methyl sites for hydroxylation is 2. The number of nitrogens with two attached hydrogens (primary N) is 1. The number of amides is 1. The number of hydrogen-bond donors (Lipinski definition) is 3. The number of H-pyrrole nitrogens is 1. The van der Waals surface area contributed by atoms with Gasteiger partial charge in [0.05, 0.1) is 0 Å². The molecule has 2 aliphatic rings. The fourth-order valence-electron chi connectivity index (χ4n) is 5.93. The van der Waals surface area contributed by atoms with Gasteiger partial charge in [-0.05, 0) is 93.0 Å². The van der Waals surface area contributed by atoms with Crippen molar-refractivity contribution in [2.45, 2.75) is 71.5 Å². The summed E-state index contributed by atoms with van der Waals surface area (Å²) in [5.41, 5.74) is 14.2. The molecule has 7 heteroatoms. The maximum absolute atomic E-state index is 13.7. The lowest BCUT2D eigenvalue weighted by atomic mass is 9.94. The van der Waals surface area contributed by atoms with Crippen LogP contribution in [0.5, 0.6) is 0 Å². The number of ether oxygens (including phenoxy) is 1. The molecule has 2 fully saturated rings. The van der Waals surface area contributed by atoms with Crippen LogP contribution in [0.3, 0.4) is 0 Å². The smallest absolute Gasteiger partial charge is 0.253 e. The van der Waals surface area contributed by atoms with E-state index in [4.69, 9.17) is 10.5 Å². The maximum atomic E-state index is 13.7. The van der Waals surface area contributed by atoms with Gasteiger partial charge < -0.3 is 25.7 Å². The lowest BCUT2D eigenvalue weighted by Gasteiger charge is -2.37. The molecule has 1 amide bonds. The molecule has 1 aromatic heterocycles. The normalized spacial score (nSPS) is 19.1. The predicted molar refractivity (Wildman–Crippen MR) is 157 cm³/mol. The molecular formula is C32H40N4O3. The molecule has 1 saturated carbocycles. The highest BCUT2D eigenvalue weighted by Gasteiger charge is 2.35. The van der Waals surface area contributed by atoms with Gasteiger partial charge in [-0.2, -0.15) is 0 Å². The topological polar surface area (TPSA) is 100 Å². The molecule has 5 rings (SSSR count). The summed E-state index contributed by atoms with van der Waals surface area (Å²) in [6, 6.07) is 15.3. The molecule has 2 atom stereocenters. The van der Waals surface area contributed by atoms with Crippen LogP contribution in [-0.2, 0) is 11.3 Å². The first-order valence-corrected chi connectivity index (χ1v) is 14.1. The molecule has 0 radical (unpaired) electrons. The molecule has 2 heterocycles. The zero-order valence-electron chi connectivity index (χ0n) is 23.5. The Bertz CT molecular complexity index is 1420. The number of nitrogens with zero attached hydrogens (tertiary/aromatic N) is 1. The fourth-order valence-corrected chi connectivity index (χ4v) is 5.93. The van der Waals surface area contributed by atoms with Crippen LogP contribution >= 0.6 is 0 Å². The van der Waals surface area contributed by atoms with Crippen LogP contribution in [0.4, 0.5) is 5.69 Å². The molecule has 1 aliphatic carbocycles. The number of hydrogen-bond acceptors (Lipinski definition) is 5. The van der Waals surface area contributed by atoms with Crippen LogP contribution in [0, 0.1) is 20.8 Å². The zero-order chi connectivity index (χ0) is 27.7. The Kier molecular flexibility index (Phi) is 7.91. The Hall–Kier alpha value is -3.42. The van der Waals surface area contributed by atoms with E-state index in [1.165, 1.54) is 5.56 Å². The number of aromatic nitrogens is 1. The summed E-state index contributed by atoms with van der Waals surface area (Å²) in [6.07, 6.45) is 2.94. The van der Waals surface area contributed by atoms with Crippen LogP contribution in [0.1, 0.15) is 70.4 Å². The van der Waals surface area contributed by atoms with E-state index >= 15 is 0 Å². The monoisotopic (exact) mass is 528 g/mol.